The van der Waals surface area contributed by atoms with Crippen molar-refractivity contribution in [3.8, 4) is 0 Å². The number of nitrogens with zero attached hydrogens (tertiary/aromatic N) is 3. The van der Waals surface area contributed by atoms with Gasteiger partial charge in [-0.05, 0) is 23.1 Å². The second-order valence-corrected chi connectivity index (χ2v) is 7.41. The summed E-state index contributed by atoms with van der Waals surface area (Å²) in [6.45, 7) is 1.22. The van der Waals surface area contributed by atoms with Gasteiger partial charge in [-0.3, -0.25) is 0 Å². The minimum absolute atomic E-state index is 0.204. The highest BCUT2D eigenvalue weighted by Crippen LogP contribution is 2.28. The molecular weight excluding hydrogens is 398 g/mol. The van der Waals surface area contributed by atoms with Crippen LogP contribution in [0.4, 0.5) is 0 Å². The van der Waals surface area contributed by atoms with Gasteiger partial charge in [0, 0.05) is 18.6 Å². The molecule has 31 heavy (non-hydrogen) atoms. The maximum absolute atomic E-state index is 11.0. The van der Waals surface area contributed by atoms with Crippen LogP contribution in [-0.4, -0.2) is 55.9 Å². The van der Waals surface area contributed by atoms with Crippen molar-refractivity contribution in [3.63, 3.8) is 0 Å². The van der Waals surface area contributed by atoms with Gasteiger partial charge in [0.2, 0.25) is 0 Å². The maximum atomic E-state index is 11.0. The Labute approximate surface area is 182 Å². The number of hydrogen-bond acceptors (Lipinski definition) is 6. The molecule has 0 saturated carbocycles. The first-order chi connectivity index (χ1) is 15.2. The smallest absolute Gasteiger partial charge is 0.115 e. The van der Waals surface area contributed by atoms with Crippen molar-refractivity contribution in [3.05, 3.63) is 82.2 Å². The zero-order chi connectivity index (χ0) is 21.9. The molecule has 0 aromatic heterocycles. The number of aliphatic hydroxyl groups excluding tert-OH is 1. The maximum Gasteiger partial charge on any atom is 0.115 e. The Balaban J connectivity index is 1.67. The third-order valence-electron chi connectivity index (χ3n) is 5.29. The fourth-order valence-corrected chi connectivity index (χ4v) is 3.71. The van der Waals surface area contributed by atoms with Crippen LogP contribution in [-0.2, 0) is 32.2 Å². The van der Waals surface area contributed by atoms with Gasteiger partial charge < -0.3 is 24.1 Å². The van der Waals surface area contributed by atoms with E-state index in [1.165, 1.54) is 0 Å². The summed E-state index contributed by atoms with van der Waals surface area (Å²) in [5.74, 6) is 0. The summed E-state index contributed by atoms with van der Waals surface area (Å²) in [6.07, 6.45) is -2.58. The lowest BCUT2D eigenvalue weighted by atomic mass is 9.93. The van der Waals surface area contributed by atoms with E-state index in [0.29, 0.717) is 19.6 Å². The van der Waals surface area contributed by atoms with Crippen LogP contribution in [0.2, 0.25) is 0 Å². The molecule has 0 amide bonds. The fourth-order valence-electron chi connectivity index (χ4n) is 3.71. The highest BCUT2D eigenvalue weighted by atomic mass is 16.6. The van der Waals surface area contributed by atoms with E-state index in [0.717, 1.165) is 11.1 Å². The van der Waals surface area contributed by atoms with Crippen LogP contribution in [0.15, 0.2) is 65.8 Å². The zero-order valence-corrected chi connectivity index (χ0v) is 17.6. The summed E-state index contributed by atoms with van der Waals surface area (Å²) in [4.78, 5) is 2.81. The summed E-state index contributed by atoms with van der Waals surface area (Å²) in [5, 5.41) is 14.6. The minimum atomic E-state index is -0.930. The molecule has 0 spiro atoms. The van der Waals surface area contributed by atoms with Crippen LogP contribution in [0, 0.1) is 0 Å². The standard InChI is InChI=1S/C23H29N3O5/c1-28-22-19(12-13-25-26-24)31-20(16-29-14-17-8-4-2-5-9-17)21(27)23(22)30-15-18-10-6-3-7-11-18/h2-11,19-23,27H,12-16H2,1H3/t19-,20-,21-,22+,23+/m1/s1. The van der Waals surface area contributed by atoms with Gasteiger partial charge in [-0.25, -0.2) is 0 Å². The molecule has 0 aliphatic carbocycles. The highest BCUT2D eigenvalue weighted by Gasteiger charge is 2.46. The van der Waals surface area contributed by atoms with Crippen LogP contribution >= 0.6 is 0 Å². The molecule has 1 heterocycles. The molecule has 0 unspecified atom stereocenters. The lowest BCUT2D eigenvalue weighted by Crippen LogP contribution is -2.60. The van der Waals surface area contributed by atoms with E-state index in [2.05, 4.69) is 10.0 Å². The summed E-state index contributed by atoms with van der Waals surface area (Å²) in [5.41, 5.74) is 10.6. The predicted octanol–water partition coefficient (Wildman–Crippen LogP) is 3.63. The van der Waals surface area contributed by atoms with Gasteiger partial charge in [0.25, 0.3) is 0 Å². The first-order valence-electron chi connectivity index (χ1n) is 10.4. The van der Waals surface area contributed by atoms with Crippen LogP contribution in [0.25, 0.3) is 10.4 Å². The number of rotatable bonds is 11. The predicted molar refractivity (Wildman–Crippen MR) is 115 cm³/mol. The molecule has 1 fully saturated rings. The monoisotopic (exact) mass is 427 g/mol. The Morgan fingerprint density at radius 2 is 1.61 bits per heavy atom. The summed E-state index contributed by atoms with van der Waals surface area (Å²) >= 11 is 0. The van der Waals surface area contributed by atoms with E-state index in [4.69, 9.17) is 24.5 Å². The topological polar surface area (TPSA) is 106 Å². The second-order valence-electron chi connectivity index (χ2n) is 7.41. The normalized spacial score (nSPS) is 25.7. The quantitative estimate of drug-likeness (QED) is 0.335. The largest absolute Gasteiger partial charge is 0.387 e. The van der Waals surface area contributed by atoms with E-state index < -0.39 is 30.5 Å². The van der Waals surface area contributed by atoms with Gasteiger partial charge in [-0.1, -0.05) is 65.8 Å². The van der Waals surface area contributed by atoms with Crippen LogP contribution in [0.5, 0.6) is 0 Å². The van der Waals surface area contributed by atoms with Crippen molar-refractivity contribution in [2.75, 3.05) is 20.3 Å². The number of ether oxygens (including phenoxy) is 4. The average Bonchev–Trinajstić information content (AvgIpc) is 2.81. The number of methoxy groups -OCH3 is 1. The van der Waals surface area contributed by atoms with Crippen LogP contribution in [0.3, 0.4) is 0 Å². The van der Waals surface area contributed by atoms with Crippen molar-refractivity contribution >= 4 is 0 Å². The Hall–Kier alpha value is -2.45. The fraction of sp³-hybridized carbons (Fsp3) is 0.478. The Morgan fingerprint density at radius 1 is 0.968 bits per heavy atom. The molecule has 1 N–H and O–H groups in total. The summed E-state index contributed by atoms with van der Waals surface area (Å²) in [6, 6.07) is 19.6. The summed E-state index contributed by atoms with van der Waals surface area (Å²) in [7, 11) is 1.56. The molecule has 8 heteroatoms. The van der Waals surface area contributed by atoms with E-state index in [1.54, 1.807) is 7.11 Å². The zero-order valence-electron chi connectivity index (χ0n) is 17.6. The number of benzene rings is 2. The van der Waals surface area contributed by atoms with Crippen molar-refractivity contribution in [1.82, 2.24) is 0 Å². The molecule has 8 nitrogen and oxygen atoms in total. The molecule has 2 aromatic carbocycles. The van der Waals surface area contributed by atoms with E-state index >= 15 is 0 Å². The Bertz CT molecular complexity index is 816. The van der Waals surface area contributed by atoms with E-state index in [9.17, 15) is 5.11 Å². The molecule has 1 saturated heterocycles. The van der Waals surface area contributed by atoms with Crippen molar-refractivity contribution in [1.29, 1.82) is 0 Å². The molecular formula is C23H29N3O5. The molecule has 3 rings (SSSR count). The Kier molecular flexibility index (Phi) is 9.30. The molecule has 1 aliphatic heterocycles. The summed E-state index contributed by atoms with van der Waals surface area (Å²) < 4.78 is 23.7. The molecule has 166 valence electrons. The van der Waals surface area contributed by atoms with Crippen LogP contribution < -0.4 is 0 Å². The van der Waals surface area contributed by atoms with E-state index in [1.807, 2.05) is 60.7 Å². The second kappa shape index (κ2) is 12.4. The average molecular weight is 428 g/mol. The van der Waals surface area contributed by atoms with Gasteiger partial charge in [-0.2, -0.15) is 0 Å². The van der Waals surface area contributed by atoms with Gasteiger partial charge in [0.15, 0.2) is 0 Å². The SMILES string of the molecule is CO[C@@H]1[C@@H](OCc2ccccc2)[C@H](O)[C@@H](COCc2ccccc2)O[C@@H]1CCN=[N+]=[N-]. The highest BCUT2D eigenvalue weighted by molar-refractivity contribution is 5.14. The van der Waals surface area contributed by atoms with Gasteiger partial charge >= 0.3 is 0 Å². The third-order valence-corrected chi connectivity index (χ3v) is 5.29. The molecule has 1 aliphatic rings. The van der Waals surface area contributed by atoms with Crippen LogP contribution in [0.1, 0.15) is 17.5 Å². The van der Waals surface area contributed by atoms with E-state index in [-0.39, 0.29) is 13.2 Å². The van der Waals surface area contributed by atoms with Gasteiger partial charge in [-0.15, -0.1) is 0 Å². The lowest BCUT2D eigenvalue weighted by molar-refractivity contribution is -0.253. The molecule has 5 atom stereocenters. The molecule has 0 bridgehead atoms. The van der Waals surface area contributed by atoms with Gasteiger partial charge in [0.1, 0.15) is 24.4 Å². The van der Waals surface area contributed by atoms with Gasteiger partial charge in [0.05, 0.1) is 25.9 Å². The van der Waals surface area contributed by atoms with Crippen molar-refractivity contribution < 1.29 is 24.1 Å². The van der Waals surface area contributed by atoms with Crippen molar-refractivity contribution in [2.24, 2.45) is 5.11 Å². The number of hydrogen-bond donors (Lipinski definition) is 1. The van der Waals surface area contributed by atoms with Crippen molar-refractivity contribution in [2.45, 2.75) is 50.2 Å². The molecule has 0 radical (unpaired) electrons. The third kappa shape index (κ3) is 6.77. The lowest BCUT2D eigenvalue weighted by Gasteiger charge is -2.44. The Morgan fingerprint density at radius 3 is 2.23 bits per heavy atom. The first kappa shape index (κ1) is 23.2. The minimum Gasteiger partial charge on any atom is -0.387 e. The molecule has 2 aromatic rings. The number of azide groups is 1. The first-order valence-corrected chi connectivity index (χ1v) is 10.4. The number of aliphatic hydroxyl groups is 1.